The molecule has 2 heteroatoms. The van der Waals surface area contributed by atoms with Crippen LogP contribution in [0.4, 0.5) is 0 Å². The number of likely N-dealkylation sites (N-methyl/N-ethyl adjacent to an activating group) is 1. The molecule has 1 aliphatic rings. The van der Waals surface area contributed by atoms with E-state index in [0.29, 0.717) is 6.04 Å². The quantitative estimate of drug-likeness (QED) is 0.623. The van der Waals surface area contributed by atoms with Gasteiger partial charge in [-0.25, -0.2) is 0 Å². The van der Waals surface area contributed by atoms with Gasteiger partial charge in [0.25, 0.3) is 0 Å². The maximum atomic E-state index is 3.39. The van der Waals surface area contributed by atoms with Gasteiger partial charge >= 0.3 is 0 Å². The van der Waals surface area contributed by atoms with E-state index in [4.69, 9.17) is 0 Å². The van der Waals surface area contributed by atoms with Crippen molar-refractivity contribution in [1.82, 2.24) is 10.2 Å². The van der Waals surface area contributed by atoms with Crippen molar-refractivity contribution in [2.45, 2.75) is 32.4 Å². The van der Waals surface area contributed by atoms with Crippen LogP contribution >= 0.6 is 0 Å². The molecule has 0 aromatic rings. The lowest BCUT2D eigenvalue weighted by molar-refractivity contribution is 0.207. The molecule has 60 valence electrons. The average molecular weight is 142 g/mol. The Labute approximate surface area is 63.6 Å². The second-order valence-electron chi connectivity index (χ2n) is 3.47. The zero-order chi connectivity index (χ0) is 7.56. The van der Waals surface area contributed by atoms with Crippen molar-refractivity contribution in [2.24, 2.45) is 0 Å². The molecule has 1 rings (SSSR count). The molecular weight excluding hydrogens is 124 g/mol. The number of hydrogen-bond donors (Lipinski definition) is 1. The molecule has 2 nitrogen and oxygen atoms in total. The van der Waals surface area contributed by atoms with Gasteiger partial charge in [-0.15, -0.1) is 0 Å². The van der Waals surface area contributed by atoms with E-state index >= 15 is 0 Å². The molecule has 0 aliphatic carbocycles. The van der Waals surface area contributed by atoms with Crippen LogP contribution in [0.5, 0.6) is 0 Å². The molecule has 0 bridgehead atoms. The summed E-state index contributed by atoms with van der Waals surface area (Å²) in [5.41, 5.74) is 0. The van der Waals surface area contributed by atoms with Crippen LogP contribution in [-0.2, 0) is 0 Å². The standard InChI is InChI=1S/C8H18N2/c1-7(2)10(3)6-8-4-5-9-8/h7-9H,4-6H2,1-3H3. The summed E-state index contributed by atoms with van der Waals surface area (Å²) in [4.78, 5) is 2.39. The fourth-order valence-corrected chi connectivity index (χ4v) is 1.06. The number of hydrogen-bond acceptors (Lipinski definition) is 2. The molecule has 0 radical (unpaired) electrons. The van der Waals surface area contributed by atoms with E-state index in [1.807, 2.05) is 0 Å². The number of rotatable bonds is 3. The fourth-order valence-electron chi connectivity index (χ4n) is 1.06. The first-order valence-corrected chi connectivity index (χ1v) is 4.14. The van der Waals surface area contributed by atoms with Gasteiger partial charge in [0.05, 0.1) is 0 Å². The summed E-state index contributed by atoms with van der Waals surface area (Å²) in [6.07, 6.45) is 1.36. The summed E-state index contributed by atoms with van der Waals surface area (Å²) in [6.45, 7) is 6.89. The van der Waals surface area contributed by atoms with Crippen molar-refractivity contribution < 1.29 is 0 Å². The second kappa shape index (κ2) is 3.35. The predicted molar refractivity (Wildman–Crippen MR) is 44.2 cm³/mol. The molecule has 1 atom stereocenters. The smallest absolute Gasteiger partial charge is 0.0207 e. The van der Waals surface area contributed by atoms with Gasteiger partial charge in [-0.05, 0) is 33.9 Å². The second-order valence-corrected chi connectivity index (χ2v) is 3.47. The first kappa shape index (κ1) is 8.02. The summed E-state index contributed by atoms with van der Waals surface area (Å²) in [5.74, 6) is 0. The SMILES string of the molecule is CC(C)N(C)CC1CCN1. The van der Waals surface area contributed by atoms with E-state index in [1.54, 1.807) is 0 Å². The van der Waals surface area contributed by atoms with E-state index in [-0.39, 0.29) is 0 Å². The molecule has 10 heavy (non-hydrogen) atoms. The van der Waals surface area contributed by atoms with Crippen LogP contribution in [0.3, 0.4) is 0 Å². The average Bonchev–Trinajstić information content (AvgIpc) is 1.77. The van der Waals surface area contributed by atoms with Gasteiger partial charge in [0.2, 0.25) is 0 Å². The van der Waals surface area contributed by atoms with Crippen molar-refractivity contribution >= 4 is 0 Å². The minimum absolute atomic E-state index is 0.683. The third-order valence-electron chi connectivity index (χ3n) is 2.32. The van der Waals surface area contributed by atoms with Crippen molar-refractivity contribution in [3.8, 4) is 0 Å². The van der Waals surface area contributed by atoms with Crippen LogP contribution in [0.15, 0.2) is 0 Å². The first-order chi connectivity index (χ1) is 4.70. The summed E-state index contributed by atoms with van der Waals surface area (Å²) < 4.78 is 0. The Bertz CT molecular complexity index is 97.4. The van der Waals surface area contributed by atoms with E-state index in [0.717, 1.165) is 6.04 Å². The number of nitrogens with zero attached hydrogens (tertiary/aromatic N) is 1. The maximum Gasteiger partial charge on any atom is 0.0207 e. The van der Waals surface area contributed by atoms with Crippen LogP contribution in [0, 0.1) is 0 Å². The Hall–Kier alpha value is -0.0800. The molecule has 0 amide bonds. The molecule has 1 heterocycles. The zero-order valence-electron chi connectivity index (χ0n) is 7.22. The number of nitrogens with one attached hydrogen (secondary N) is 1. The first-order valence-electron chi connectivity index (χ1n) is 4.14. The van der Waals surface area contributed by atoms with Crippen molar-refractivity contribution in [3.05, 3.63) is 0 Å². The fraction of sp³-hybridized carbons (Fsp3) is 1.00. The summed E-state index contributed by atoms with van der Waals surface area (Å²) in [7, 11) is 2.19. The van der Waals surface area contributed by atoms with Crippen LogP contribution in [-0.4, -0.2) is 37.1 Å². The van der Waals surface area contributed by atoms with Crippen molar-refractivity contribution in [3.63, 3.8) is 0 Å². The predicted octanol–water partition coefficient (Wildman–Crippen LogP) is 0.689. The Morgan fingerprint density at radius 1 is 1.60 bits per heavy atom. The van der Waals surface area contributed by atoms with Crippen LogP contribution in [0.25, 0.3) is 0 Å². The monoisotopic (exact) mass is 142 g/mol. The molecule has 1 N–H and O–H groups in total. The van der Waals surface area contributed by atoms with E-state index in [9.17, 15) is 0 Å². The molecule has 1 unspecified atom stereocenters. The lowest BCUT2D eigenvalue weighted by atomic mass is 10.1. The third-order valence-corrected chi connectivity index (χ3v) is 2.32. The van der Waals surface area contributed by atoms with Crippen LogP contribution in [0.1, 0.15) is 20.3 Å². The van der Waals surface area contributed by atoms with Gasteiger partial charge in [0.1, 0.15) is 0 Å². The highest BCUT2D eigenvalue weighted by Gasteiger charge is 2.18. The molecule has 0 aromatic carbocycles. The summed E-state index contributed by atoms with van der Waals surface area (Å²) >= 11 is 0. The van der Waals surface area contributed by atoms with Crippen molar-refractivity contribution in [2.75, 3.05) is 20.1 Å². The normalized spacial score (nSPS) is 25.5. The van der Waals surface area contributed by atoms with Gasteiger partial charge in [-0.2, -0.15) is 0 Å². The minimum Gasteiger partial charge on any atom is -0.313 e. The van der Waals surface area contributed by atoms with Gasteiger partial charge < -0.3 is 10.2 Å². The highest BCUT2D eigenvalue weighted by molar-refractivity contribution is 4.80. The van der Waals surface area contributed by atoms with Gasteiger partial charge in [0.15, 0.2) is 0 Å². The van der Waals surface area contributed by atoms with Crippen molar-refractivity contribution in [1.29, 1.82) is 0 Å². The third kappa shape index (κ3) is 1.96. The van der Waals surface area contributed by atoms with E-state index < -0.39 is 0 Å². The topological polar surface area (TPSA) is 15.3 Å². The lowest BCUT2D eigenvalue weighted by Crippen LogP contribution is -2.50. The molecule has 0 saturated carbocycles. The zero-order valence-corrected chi connectivity index (χ0v) is 7.22. The van der Waals surface area contributed by atoms with Gasteiger partial charge in [-0.3, -0.25) is 0 Å². The molecule has 1 aliphatic heterocycles. The Morgan fingerprint density at radius 3 is 2.50 bits per heavy atom. The van der Waals surface area contributed by atoms with Crippen LogP contribution < -0.4 is 5.32 Å². The Morgan fingerprint density at radius 2 is 2.20 bits per heavy atom. The molecule has 0 spiro atoms. The Kier molecular flexibility index (Phi) is 2.69. The Balaban J connectivity index is 2.10. The van der Waals surface area contributed by atoms with Gasteiger partial charge in [-0.1, -0.05) is 0 Å². The van der Waals surface area contributed by atoms with Gasteiger partial charge in [0, 0.05) is 18.6 Å². The highest BCUT2D eigenvalue weighted by atomic mass is 15.2. The minimum atomic E-state index is 0.683. The highest BCUT2D eigenvalue weighted by Crippen LogP contribution is 2.04. The van der Waals surface area contributed by atoms with E-state index in [2.05, 4.69) is 31.1 Å². The molecule has 0 aromatic heterocycles. The lowest BCUT2D eigenvalue weighted by Gasteiger charge is -2.33. The molecular formula is C8H18N2. The largest absolute Gasteiger partial charge is 0.313 e. The summed E-state index contributed by atoms with van der Waals surface area (Å²) in [5, 5.41) is 3.39. The summed E-state index contributed by atoms with van der Waals surface area (Å²) in [6, 6.07) is 1.45. The molecule has 1 saturated heterocycles. The van der Waals surface area contributed by atoms with Crippen LogP contribution in [0.2, 0.25) is 0 Å². The molecule has 1 fully saturated rings. The van der Waals surface area contributed by atoms with E-state index in [1.165, 1.54) is 19.5 Å². The maximum absolute atomic E-state index is 3.39.